The van der Waals surface area contributed by atoms with Gasteiger partial charge in [0.1, 0.15) is 13.7 Å². The van der Waals surface area contributed by atoms with Crippen molar-refractivity contribution in [2.24, 2.45) is 5.92 Å². The van der Waals surface area contributed by atoms with Crippen LogP contribution in [0.3, 0.4) is 0 Å². The number of nitrogens with zero attached hydrogens (tertiary/aromatic N) is 1. The van der Waals surface area contributed by atoms with Gasteiger partial charge in [-0.25, -0.2) is 9.87 Å². The number of hydrogen-bond donors (Lipinski definition) is 2. The monoisotopic (exact) mass is 387 g/mol. The Labute approximate surface area is 162 Å². The van der Waals surface area contributed by atoms with Crippen molar-refractivity contribution in [3.63, 3.8) is 0 Å². The SMILES string of the molecule is [B]c1ccc(Nc2c(C(=O)NOCC3CC3)cn(CCC)c(=O)c2F)c(F)c1. The third kappa shape index (κ3) is 4.59. The van der Waals surface area contributed by atoms with Crippen molar-refractivity contribution in [3.8, 4) is 0 Å². The van der Waals surface area contributed by atoms with Crippen LogP contribution in [0.5, 0.6) is 0 Å². The van der Waals surface area contributed by atoms with Crippen LogP contribution in [0, 0.1) is 17.6 Å². The number of aromatic nitrogens is 1. The summed E-state index contributed by atoms with van der Waals surface area (Å²) in [5.74, 6) is -2.25. The maximum absolute atomic E-state index is 14.8. The molecule has 2 N–H and O–H groups in total. The van der Waals surface area contributed by atoms with Gasteiger partial charge in [0.05, 0.1) is 23.5 Å². The van der Waals surface area contributed by atoms with Crippen LogP contribution in [0.15, 0.2) is 29.2 Å². The molecule has 1 amide bonds. The normalized spacial score (nSPS) is 13.4. The lowest BCUT2D eigenvalue weighted by Gasteiger charge is -2.16. The lowest BCUT2D eigenvalue weighted by Crippen LogP contribution is -2.31. The molecule has 1 aliphatic carbocycles. The molecule has 1 aromatic carbocycles. The van der Waals surface area contributed by atoms with E-state index in [0.29, 0.717) is 18.9 Å². The van der Waals surface area contributed by atoms with Gasteiger partial charge < -0.3 is 9.88 Å². The number of hydrogen-bond acceptors (Lipinski definition) is 4. The van der Waals surface area contributed by atoms with Crippen LogP contribution in [0.4, 0.5) is 20.2 Å². The standard InChI is InChI=1S/C19H20BF2N3O3/c1-2-7-25-9-13(18(26)24-28-10-11-3-4-11)17(16(22)19(25)27)23-15-6-5-12(20)8-14(15)21/h5-6,8-9,11,23H,2-4,7,10H2,1H3,(H,24,26). The summed E-state index contributed by atoms with van der Waals surface area (Å²) in [4.78, 5) is 30.0. The van der Waals surface area contributed by atoms with E-state index in [1.165, 1.54) is 18.3 Å². The van der Waals surface area contributed by atoms with Crippen LogP contribution in [0.2, 0.25) is 0 Å². The summed E-state index contributed by atoms with van der Waals surface area (Å²) in [5.41, 5.74) is 0.834. The summed E-state index contributed by atoms with van der Waals surface area (Å²) in [7, 11) is 5.51. The molecule has 1 aliphatic rings. The van der Waals surface area contributed by atoms with E-state index >= 15 is 0 Å². The first kappa shape index (κ1) is 20.1. The average molecular weight is 387 g/mol. The number of anilines is 2. The van der Waals surface area contributed by atoms with Crippen molar-refractivity contribution in [2.45, 2.75) is 32.7 Å². The van der Waals surface area contributed by atoms with E-state index in [1.807, 2.05) is 6.92 Å². The van der Waals surface area contributed by atoms with Crippen molar-refractivity contribution >= 4 is 30.6 Å². The minimum atomic E-state index is -1.18. The molecule has 146 valence electrons. The molecule has 6 nitrogen and oxygen atoms in total. The summed E-state index contributed by atoms with van der Waals surface area (Å²) in [5, 5.41) is 2.50. The Morgan fingerprint density at radius 3 is 2.75 bits per heavy atom. The minimum Gasteiger partial charge on any atom is -0.350 e. The van der Waals surface area contributed by atoms with Crippen LogP contribution in [0.1, 0.15) is 36.5 Å². The van der Waals surface area contributed by atoms with Crippen molar-refractivity contribution in [3.05, 3.63) is 51.9 Å². The molecule has 1 heterocycles. The number of nitrogens with one attached hydrogen (secondary N) is 2. The number of rotatable bonds is 8. The van der Waals surface area contributed by atoms with Crippen LogP contribution in [-0.4, -0.2) is 24.9 Å². The van der Waals surface area contributed by atoms with E-state index < -0.39 is 28.8 Å². The number of aryl methyl sites for hydroxylation is 1. The third-order valence-corrected chi connectivity index (χ3v) is 4.37. The zero-order valence-electron chi connectivity index (χ0n) is 15.4. The second-order valence-corrected chi connectivity index (χ2v) is 6.78. The lowest BCUT2D eigenvalue weighted by atomic mass is 9.96. The molecule has 3 rings (SSSR count). The molecular weight excluding hydrogens is 367 g/mol. The van der Waals surface area contributed by atoms with Gasteiger partial charge in [-0.05, 0) is 37.3 Å². The quantitative estimate of drug-likeness (QED) is 0.538. The summed E-state index contributed by atoms with van der Waals surface area (Å²) in [6.45, 7) is 2.41. The minimum absolute atomic E-state index is 0.117. The van der Waals surface area contributed by atoms with Crippen LogP contribution in [-0.2, 0) is 11.4 Å². The van der Waals surface area contributed by atoms with Gasteiger partial charge in [-0.3, -0.25) is 14.4 Å². The molecule has 9 heteroatoms. The van der Waals surface area contributed by atoms with Crippen molar-refractivity contribution in [1.29, 1.82) is 0 Å². The molecule has 1 saturated carbocycles. The Bertz CT molecular complexity index is 945. The first-order valence-corrected chi connectivity index (χ1v) is 9.07. The van der Waals surface area contributed by atoms with Crippen molar-refractivity contribution in [1.82, 2.24) is 10.0 Å². The van der Waals surface area contributed by atoms with Gasteiger partial charge in [0.25, 0.3) is 11.5 Å². The van der Waals surface area contributed by atoms with E-state index in [9.17, 15) is 18.4 Å². The fraction of sp³-hybridized carbons (Fsp3) is 0.368. The fourth-order valence-corrected chi connectivity index (χ4v) is 2.66. The van der Waals surface area contributed by atoms with Gasteiger partial charge in [-0.2, -0.15) is 4.39 Å². The molecule has 28 heavy (non-hydrogen) atoms. The molecule has 0 saturated heterocycles. The van der Waals surface area contributed by atoms with Gasteiger partial charge in [-0.15, -0.1) is 0 Å². The topological polar surface area (TPSA) is 72.4 Å². The van der Waals surface area contributed by atoms with E-state index in [1.54, 1.807) is 0 Å². The van der Waals surface area contributed by atoms with Gasteiger partial charge >= 0.3 is 0 Å². The number of benzene rings is 1. The maximum Gasteiger partial charge on any atom is 0.288 e. The molecule has 2 radical (unpaired) electrons. The Morgan fingerprint density at radius 1 is 1.36 bits per heavy atom. The fourth-order valence-electron chi connectivity index (χ4n) is 2.66. The Kier molecular flexibility index (Phi) is 6.13. The van der Waals surface area contributed by atoms with E-state index in [4.69, 9.17) is 12.7 Å². The first-order chi connectivity index (χ1) is 13.4. The summed E-state index contributed by atoms with van der Waals surface area (Å²) in [6.07, 6.45) is 3.88. The molecule has 0 atom stereocenters. The molecule has 2 aromatic rings. The largest absolute Gasteiger partial charge is 0.350 e. The summed E-state index contributed by atoms with van der Waals surface area (Å²) >= 11 is 0. The predicted molar refractivity (Wildman–Crippen MR) is 102 cm³/mol. The number of amides is 1. The second-order valence-electron chi connectivity index (χ2n) is 6.78. The van der Waals surface area contributed by atoms with Crippen molar-refractivity contribution < 1.29 is 18.4 Å². The van der Waals surface area contributed by atoms with Gasteiger partial charge in [0, 0.05) is 12.7 Å². The van der Waals surface area contributed by atoms with Gasteiger partial charge in [0.15, 0.2) is 0 Å². The molecular formula is C19H20BF2N3O3. The van der Waals surface area contributed by atoms with E-state index in [0.717, 1.165) is 23.5 Å². The number of carbonyl (C=O) groups is 1. The number of hydroxylamine groups is 1. The first-order valence-electron chi connectivity index (χ1n) is 9.07. The molecule has 1 fully saturated rings. The summed E-state index contributed by atoms with van der Waals surface area (Å²) < 4.78 is 30.0. The van der Waals surface area contributed by atoms with Crippen LogP contribution in [0.25, 0.3) is 0 Å². The zero-order valence-corrected chi connectivity index (χ0v) is 15.4. The zero-order chi connectivity index (χ0) is 20.3. The van der Waals surface area contributed by atoms with Gasteiger partial charge in [-0.1, -0.05) is 18.5 Å². The number of carbonyl (C=O) groups excluding carboxylic acids is 1. The van der Waals surface area contributed by atoms with Crippen LogP contribution < -0.4 is 21.8 Å². The second kappa shape index (κ2) is 8.56. The maximum atomic E-state index is 14.8. The smallest absolute Gasteiger partial charge is 0.288 e. The number of halogens is 2. The molecule has 0 unspecified atom stereocenters. The highest BCUT2D eigenvalue weighted by molar-refractivity contribution is 6.32. The van der Waals surface area contributed by atoms with Crippen LogP contribution >= 0.6 is 0 Å². The molecule has 0 aliphatic heterocycles. The predicted octanol–water partition coefficient (Wildman–Crippen LogP) is 2.15. The highest BCUT2D eigenvalue weighted by Gasteiger charge is 2.24. The molecule has 0 bridgehead atoms. The van der Waals surface area contributed by atoms with Gasteiger partial charge in [0.2, 0.25) is 5.82 Å². The Hall–Kier alpha value is -2.68. The molecule has 1 aromatic heterocycles. The molecule has 0 spiro atoms. The van der Waals surface area contributed by atoms with E-state index in [2.05, 4.69) is 10.8 Å². The summed E-state index contributed by atoms with van der Waals surface area (Å²) in [6, 6.07) is 3.77. The highest BCUT2D eigenvalue weighted by atomic mass is 19.1. The van der Waals surface area contributed by atoms with E-state index in [-0.39, 0.29) is 23.3 Å². The third-order valence-electron chi connectivity index (χ3n) is 4.37. The highest BCUT2D eigenvalue weighted by Crippen LogP contribution is 2.28. The average Bonchev–Trinajstić information content (AvgIpc) is 3.47. The Morgan fingerprint density at radius 2 is 2.11 bits per heavy atom. The number of pyridine rings is 1. The lowest BCUT2D eigenvalue weighted by molar-refractivity contribution is 0.0270. The Balaban J connectivity index is 1.96. The van der Waals surface area contributed by atoms with Crippen molar-refractivity contribution in [2.75, 3.05) is 11.9 Å².